The van der Waals surface area contributed by atoms with Gasteiger partial charge < -0.3 is 9.47 Å². The van der Waals surface area contributed by atoms with Gasteiger partial charge in [0.2, 0.25) is 0 Å². The van der Waals surface area contributed by atoms with Gasteiger partial charge in [-0.2, -0.15) is 0 Å². The smallest absolute Gasteiger partial charge is 0.412 e. The SMILES string of the molecule is C#CCC(CCCCCCCC=C)N(COC)C(=O)OCc1ccccc1. The van der Waals surface area contributed by atoms with Crippen LogP contribution >= 0.6 is 0 Å². The van der Waals surface area contributed by atoms with Crippen LogP contribution in [0.15, 0.2) is 43.0 Å². The van der Waals surface area contributed by atoms with Crippen molar-refractivity contribution in [3.05, 3.63) is 48.6 Å². The molecule has 0 spiro atoms. The van der Waals surface area contributed by atoms with E-state index in [1.165, 1.54) is 19.3 Å². The van der Waals surface area contributed by atoms with Gasteiger partial charge in [-0.3, -0.25) is 4.90 Å². The summed E-state index contributed by atoms with van der Waals surface area (Å²) in [7, 11) is 1.57. The summed E-state index contributed by atoms with van der Waals surface area (Å²) in [5, 5.41) is 0. The van der Waals surface area contributed by atoms with Crippen LogP contribution in [0.3, 0.4) is 0 Å². The highest BCUT2D eigenvalue weighted by atomic mass is 16.6. The minimum absolute atomic E-state index is 0.0635. The van der Waals surface area contributed by atoms with Gasteiger partial charge in [-0.25, -0.2) is 4.79 Å². The molecule has 0 aromatic heterocycles. The molecular formula is C23H33NO3. The molecule has 1 atom stereocenters. The van der Waals surface area contributed by atoms with Crippen LogP contribution in [-0.4, -0.2) is 30.9 Å². The molecule has 0 radical (unpaired) electrons. The number of allylic oxidation sites excluding steroid dienone is 1. The average Bonchev–Trinajstić information content (AvgIpc) is 2.69. The molecule has 4 nitrogen and oxygen atoms in total. The zero-order valence-electron chi connectivity index (χ0n) is 16.6. The second-order valence-corrected chi connectivity index (χ2v) is 6.62. The first-order valence-electron chi connectivity index (χ1n) is 9.73. The molecule has 1 amide bonds. The van der Waals surface area contributed by atoms with Gasteiger partial charge in [0.05, 0.1) is 0 Å². The molecule has 0 saturated heterocycles. The van der Waals surface area contributed by atoms with Crippen LogP contribution in [0.4, 0.5) is 4.79 Å². The van der Waals surface area contributed by atoms with Crippen LogP contribution in [0.5, 0.6) is 0 Å². The van der Waals surface area contributed by atoms with Gasteiger partial charge in [0, 0.05) is 19.6 Å². The minimum Gasteiger partial charge on any atom is -0.444 e. The number of carbonyl (C=O) groups excluding carboxylic acids is 1. The van der Waals surface area contributed by atoms with E-state index in [9.17, 15) is 4.79 Å². The van der Waals surface area contributed by atoms with E-state index in [4.69, 9.17) is 15.9 Å². The number of rotatable bonds is 14. The Morgan fingerprint density at radius 3 is 2.59 bits per heavy atom. The topological polar surface area (TPSA) is 38.8 Å². The van der Waals surface area contributed by atoms with E-state index in [-0.39, 0.29) is 25.5 Å². The Balaban J connectivity index is 2.50. The Morgan fingerprint density at radius 2 is 1.93 bits per heavy atom. The van der Waals surface area contributed by atoms with Crippen molar-refractivity contribution in [3.8, 4) is 12.3 Å². The number of ether oxygens (including phenoxy) is 2. The molecule has 1 aromatic carbocycles. The quantitative estimate of drug-likeness (QED) is 0.187. The molecule has 1 unspecified atom stereocenters. The Labute approximate surface area is 164 Å². The number of terminal acetylenes is 1. The molecule has 27 heavy (non-hydrogen) atoms. The van der Waals surface area contributed by atoms with Crippen LogP contribution in [0.1, 0.15) is 56.9 Å². The van der Waals surface area contributed by atoms with Gasteiger partial charge in [-0.1, -0.05) is 62.1 Å². The number of nitrogens with zero attached hydrogens (tertiary/aromatic N) is 1. The number of carbonyl (C=O) groups is 1. The van der Waals surface area contributed by atoms with Crippen LogP contribution in [0.2, 0.25) is 0 Å². The number of unbranched alkanes of at least 4 members (excludes halogenated alkanes) is 5. The lowest BCUT2D eigenvalue weighted by atomic mass is 10.0. The van der Waals surface area contributed by atoms with Gasteiger partial charge in [0.1, 0.15) is 13.3 Å². The molecule has 0 saturated carbocycles. The van der Waals surface area contributed by atoms with Gasteiger partial charge in [-0.05, 0) is 24.8 Å². The lowest BCUT2D eigenvalue weighted by Crippen LogP contribution is -2.41. The number of hydrogen-bond acceptors (Lipinski definition) is 3. The average molecular weight is 372 g/mol. The summed E-state index contributed by atoms with van der Waals surface area (Å²) in [4.78, 5) is 14.2. The highest BCUT2D eigenvalue weighted by Crippen LogP contribution is 2.17. The first-order chi connectivity index (χ1) is 13.2. The van der Waals surface area contributed by atoms with E-state index in [0.717, 1.165) is 31.2 Å². The maximum absolute atomic E-state index is 12.6. The standard InChI is InChI=1S/C23H33NO3/c1-4-6-7-8-9-10-14-18-22(15-5-2)24(20-26-3)23(25)27-19-21-16-12-11-13-17-21/h2,4,11-13,16-17,22H,1,6-10,14-15,18-20H2,3H3. The van der Waals surface area contributed by atoms with Crippen LogP contribution in [0.25, 0.3) is 0 Å². The Hall–Kier alpha value is -2.25. The normalized spacial score (nSPS) is 11.4. The summed E-state index contributed by atoms with van der Waals surface area (Å²) in [6.07, 6.45) is 15.3. The van der Waals surface area contributed by atoms with Crippen molar-refractivity contribution in [2.75, 3.05) is 13.8 Å². The molecule has 0 N–H and O–H groups in total. The van der Waals surface area contributed by atoms with Crippen LogP contribution in [-0.2, 0) is 16.1 Å². The fourth-order valence-corrected chi connectivity index (χ4v) is 2.95. The largest absolute Gasteiger partial charge is 0.444 e. The fourth-order valence-electron chi connectivity index (χ4n) is 2.95. The molecule has 0 fully saturated rings. The molecule has 0 bridgehead atoms. The van der Waals surface area contributed by atoms with Crippen LogP contribution in [0, 0.1) is 12.3 Å². The summed E-state index contributed by atoms with van der Waals surface area (Å²) in [6, 6.07) is 9.58. The van der Waals surface area contributed by atoms with E-state index in [2.05, 4.69) is 12.5 Å². The van der Waals surface area contributed by atoms with Crippen molar-refractivity contribution in [2.24, 2.45) is 0 Å². The molecule has 1 aromatic rings. The van der Waals surface area contributed by atoms with Crippen molar-refractivity contribution >= 4 is 6.09 Å². The van der Waals surface area contributed by atoms with Gasteiger partial charge in [0.15, 0.2) is 0 Å². The molecular weight excluding hydrogens is 338 g/mol. The number of benzene rings is 1. The number of hydrogen-bond donors (Lipinski definition) is 0. The summed E-state index contributed by atoms with van der Waals surface area (Å²) in [5.41, 5.74) is 0.955. The second-order valence-electron chi connectivity index (χ2n) is 6.62. The van der Waals surface area contributed by atoms with Crippen molar-refractivity contribution in [1.82, 2.24) is 4.90 Å². The van der Waals surface area contributed by atoms with E-state index in [1.54, 1.807) is 12.0 Å². The number of methoxy groups -OCH3 is 1. The fraction of sp³-hybridized carbons (Fsp3) is 0.522. The first kappa shape index (κ1) is 22.8. The van der Waals surface area contributed by atoms with E-state index >= 15 is 0 Å². The monoisotopic (exact) mass is 371 g/mol. The lowest BCUT2D eigenvalue weighted by Gasteiger charge is -2.29. The predicted octanol–water partition coefficient (Wildman–Crippen LogP) is 5.54. The van der Waals surface area contributed by atoms with Gasteiger partial charge in [0.25, 0.3) is 0 Å². The first-order valence-corrected chi connectivity index (χ1v) is 9.73. The highest BCUT2D eigenvalue weighted by Gasteiger charge is 2.24. The van der Waals surface area contributed by atoms with Crippen molar-refractivity contribution < 1.29 is 14.3 Å². The molecule has 0 heterocycles. The third kappa shape index (κ3) is 9.86. The molecule has 1 rings (SSSR count). The predicted molar refractivity (Wildman–Crippen MR) is 110 cm³/mol. The maximum Gasteiger partial charge on any atom is 0.412 e. The number of amides is 1. The zero-order chi connectivity index (χ0) is 19.7. The lowest BCUT2D eigenvalue weighted by molar-refractivity contribution is 0.0160. The van der Waals surface area contributed by atoms with E-state index in [0.29, 0.717) is 6.42 Å². The summed E-state index contributed by atoms with van der Waals surface area (Å²) in [6.45, 7) is 4.17. The molecule has 4 heteroatoms. The molecule has 0 aliphatic heterocycles. The molecule has 148 valence electrons. The third-order valence-corrected chi connectivity index (χ3v) is 4.45. The Kier molecular flexibility index (Phi) is 12.6. The van der Waals surface area contributed by atoms with Gasteiger partial charge in [-0.15, -0.1) is 18.9 Å². The van der Waals surface area contributed by atoms with Crippen molar-refractivity contribution in [1.29, 1.82) is 0 Å². The summed E-state index contributed by atoms with van der Waals surface area (Å²) >= 11 is 0. The summed E-state index contributed by atoms with van der Waals surface area (Å²) < 4.78 is 10.7. The van der Waals surface area contributed by atoms with Gasteiger partial charge >= 0.3 is 6.09 Å². The van der Waals surface area contributed by atoms with Crippen molar-refractivity contribution in [2.45, 2.75) is 64.0 Å². The van der Waals surface area contributed by atoms with Crippen LogP contribution < -0.4 is 0 Å². The zero-order valence-corrected chi connectivity index (χ0v) is 16.6. The Morgan fingerprint density at radius 1 is 1.22 bits per heavy atom. The molecule has 0 aliphatic carbocycles. The highest BCUT2D eigenvalue weighted by molar-refractivity contribution is 5.68. The molecule has 0 aliphatic rings. The summed E-state index contributed by atoms with van der Waals surface area (Å²) in [5.74, 6) is 2.69. The minimum atomic E-state index is -0.382. The second kappa shape index (κ2) is 14.9. The Bertz CT molecular complexity index is 565. The third-order valence-electron chi connectivity index (χ3n) is 4.45. The van der Waals surface area contributed by atoms with E-state index in [1.807, 2.05) is 36.4 Å². The van der Waals surface area contributed by atoms with Crippen molar-refractivity contribution in [3.63, 3.8) is 0 Å². The maximum atomic E-state index is 12.6. The van der Waals surface area contributed by atoms with E-state index < -0.39 is 0 Å².